The van der Waals surface area contributed by atoms with E-state index in [9.17, 15) is 4.79 Å². The van der Waals surface area contributed by atoms with Gasteiger partial charge < -0.3 is 0 Å². The summed E-state index contributed by atoms with van der Waals surface area (Å²) < 4.78 is 0. The van der Waals surface area contributed by atoms with E-state index in [0.29, 0.717) is 0 Å². The van der Waals surface area contributed by atoms with Crippen LogP contribution in [0.25, 0.3) is 0 Å². The van der Waals surface area contributed by atoms with Crippen LogP contribution in [-0.4, -0.2) is 18.5 Å². The van der Waals surface area contributed by atoms with E-state index in [1.54, 1.807) is 35.1 Å². The SMILES string of the molecule is Cc1ccc(/C=N/NC(=O)N/N=C/c2ccc(C)s2)s1. The van der Waals surface area contributed by atoms with Crippen LogP contribution in [0.4, 0.5) is 4.79 Å². The number of hydrogen-bond acceptors (Lipinski definition) is 5. The minimum Gasteiger partial charge on any atom is -0.245 e. The number of nitrogens with zero attached hydrogens (tertiary/aromatic N) is 2. The Kier molecular flexibility index (Phi) is 5.03. The summed E-state index contributed by atoms with van der Waals surface area (Å²) in [6.45, 7) is 4.03. The van der Waals surface area contributed by atoms with Gasteiger partial charge in [0.25, 0.3) is 0 Å². The Balaban J connectivity index is 1.75. The van der Waals surface area contributed by atoms with Crippen LogP contribution in [0.1, 0.15) is 19.5 Å². The molecule has 5 nitrogen and oxygen atoms in total. The molecule has 2 rings (SSSR count). The molecule has 0 bridgehead atoms. The average molecular weight is 306 g/mol. The molecule has 7 heteroatoms. The molecule has 0 aromatic carbocycles. The quantitative estimate of drug-likeness (QED) is 0.661. The molecule has 2 N–H and O–H groups in total. The third-order valence-electron chi connectivity index (χ3n) is 2.24. The standard InChI is InChI=1S/C13H14N4OS2/c1-9-3-5-11(19-9)7-14-16-13(18)17-15-8-12-6-4-10(2)20-12/h3-8H,1-2H3,(H2,16,17,18)/b14-7+,15-8+. The molecule has 0 spiro atoms. The van der Waals surface area contributed by atoms with Crippen molar-refractivity contribution in [3.05, 3.63) is 43.8 Å². The van der Waals surface area contributed by atoms with Gasteiger partial charge in [0, 0.05) is 19.5 Å². The van der Waals surface area contributed by atoms with Gasteiger partial charge in [-0.3, -0.25) is 0 Å². The van der Waals surface area contributed by atoms with Crippen LogP contribution in [0.3, 0.4) is 0 Å². The van der Waals surface area contributed by atoms with Gasteiger partial charge in [-0.15, -0.1) is 22.7 Å². The van der Waals surface area contributed by atoms with E-state index < -0.39 is 6.03 Å². The molecule has 20 heavy (non-hydrogen) atoms. The number of carbonyl (C=O) groups excluding carboxylic acids is 1. The van der Waals surface area contributed by atoms with Crippen LogP contribution in [0.5, 0.6) is 0 Å². The number of hydrazone groups is 2. The summed E-state index contributed by atoms with van der Waals surface area (Å²) in [5.74, 6) is 0. The van der Waals surface area contributed by atoms with Gasteiger partial charge in [-0.25, -0.2) is 15.6 Å². The zero-order valence-electron chi connectivity index (χ0n) is 11.1. The van der Waals surface area contributed by atoms with Crippen LogP contribution in [-0.2, 0) is 0 Å². The third-order valence-corrected chi connectivity index (χ3v) is 4.11. The molecule has 2 aromatic heterocycles. The number of rotatable bonds is 4. The number of nitrogens with one attached hydrogen (secondary N) is 2. The zero-order valence-corrected chi connectivity index (χ0v) is 12.7. The van der Waals surface area contributed by atoms with Gasteiger partial charge in [0.15, 0.2) is 0 Å². The number of thiophene rings is 2. The molecular formula is C13H14N4OS2. The van der Waals surface area contributed by atoms with Crippen molar-refractivity contribution in [3.63, 3.8) is 0 Å². The van der Waals surface area contributed by atoms with Crippen molar-refractivity contribution in [2.45, 2.75) is 13.8 Å². The minimum atomic E-state index is -0.473. The molecule has 0 unspecified atom stereocenters. The summed E-state index contributed by atoms with van der Waals surface area (Å²) >= 11 is 3.22. The lowest BCUT2D eigenvalue weighted by Gasteiger charge is -1.96. The maximum Gasteiger partial charge on any atom is 0.355 e. The first kappa shape index (κ1) is 14.4. The highest BCUT2D eigenvalue weighted by molar-refractivity contribution is 7.13. The summed E-state index contributed by atoms with van der Waals surface area (Å²) in [5.41, 5.74) is 4.70. The highest BCUT2D eigenvalue weighted by Crippen LogP contribution is 2.12. The van der Waals surface area contributed by atoms with E-state index in [4.69, 9.17) is 0 Å². The first-order valence-electron chi connectivity index (χ1n) is 5.88. The van der Waals surface area contributed by atoms with Crippen LogP contribution in [0, 0.1) is 13.8 Å². The van der Waals surface area contributed by atoms with Gasteiger partial charge in [-0.05, 0) is 38.1 Å². The Bertz CT molecular complexity index is 588. The molecule has 0 aliphatic carbocycles. The van der Waals surface area contributed by atoms with Crippen molar-refractivity contribution in [2.24, 2.45) is 10.2 Å². The van der Waals surface area contributed by atoms with Crippen LogP contribution in [0.15, 0.2) is 34.5 Å². The number of carbonyl (C=O) groups is 1. The largest absolute Gasteiger partial charge is 0.355 e. The molecule has 104 valence electrons. The van der Waals surface area contributed by atoms with Crippen molar-refractivity contribution in [2.75, 3.05) is 0 Å². The summed E-state index contributed by atoms with van der Waals surface area (Å²) in [6, 6.07) is 7.42. The zero-order chi connectivity index (χ0) is 14.4. The highest BCUT2D eigenvalue weighted by Gasteiger charge is 1.96. The fourth-order valence-electron chi connectivity index (χ4n) is 1.38. The van der Waals surface area contributed by atoms with E-state index >= 15 is 0 Å². The van der Waals surface area contributed by atoms with Crippen LogP contribution >= 0.6 is 22.7 Å². The smallest absolute Gasteiger partial charge is 0.245 e. The minimum absolute atomic E-state index is 0.473. The summed E-state index contributed by atoms with van der Waals surface area (Å²) in [7, 11) is 0. The summed E-state index contributed by atoms with van der Waals surface area (Å²) in [6.07, 6.45) is 3.20. The summed E-state index contributed by atoms with van der Waals surface area (Å²) in [5, 5.41) is 7.67. The predicted molar refractivity (Wildman–Crippen MR) is 85.0 cm³/mol. The normalized spacial score (nSPS) is 11.3. The van der Waals surface area contributed by atoms with Gasteiger partial charge in [-0.1, -0.05) is 0 Å². The Hall–Kier alpha value is -1.99. The molecule has 0 saturated carbocycles. The van der Waals surface area contributed by atoms with Crippen LogP contribution < -0.4 is 10.9 Å². The average Bonchev–Trinajstić information content (AvgIpc) is 2.99. The van der Waals surface area contributed by atoms with Crippen molar-refractivity contribution in [1.29, 1.82) is 0 Å². The van der Waals surface area contributed by atoms with Crippen molar-refractivity contribution in [1.82, 2.24) is 10.9 Å². The topological polar surface area (TPSA) is 65.8 Å². The second kappa shape index (κ2) is 6.97. The number of hydrogen-bond donors (Lipinski definition) is 2. The monoisotopic (exact) mass is 306 g/mol. The second-order valence-corrected chi connectivity index (χ2v) is 6.60. The van der Waals surface area contributed by atoms with Crippen molar-refractivity contribution < 1.29 is 4.79 Å². The maximum absolute atomic E-state index is 11.4. The second-order valence-electron chi connectivity index (χ2n) is 3.97. The lowest BCUT2D eigenvalue weighted by molar-refractivity contribution is 0.242. The van der Waals surface area contributed by atoms with E-state index in [1.807, 2.05) is 38.1 Å². The Morgan fingerprint density at radius 2 is 1.40 bits per heavy atom. The predicted octanol–water partition coefficient (Wildman–Crippen LogP) is 3.09. The van der Waals surface area contributed by atoms with Gasteiger partial charge in [0.1, 0.15) is 0 Å². The van der Waals surface area contributed by atoms with Gasteiger partial charge in [0.2, 0.25) is 0 Å². The number of amides is 2. The van der Waals surface area contributed by atoms with Gasteiger partial charge in [-0.2, -0.15) is 10.2 Å². The molecule has 0 fully saturated rings. The highest BCUT2D eigenvalue weighted by atomic mass is 32.1. The first-order valence-corrected chi connectivity index (χ1v) is 7.52. The molecule has 0 saturated heterocycles. The van der Waals surface area contributed by atoms with Crippen molar-refractivity contribution in [3.8, 4) is 0 Å². The molecule has 2 aromatic rings. The Morgan fingerprint density at radius 3 is 1.75 bits per heavy atom. The Labute approximate surface area is 125 Å². The molecule has 2 amide bonds. The molecule has 0 atom stereocenters. The van der Waals surface area contributed by atoms with Crippen LogP contribution in [0.2, 0.25) is 0 Å². The van der Waals surface area contributed by atoms with Gasteiger partial charge in [0.05, 0.1) is 12.4 Å². The number of aryl methyl sites for hydroxylation is 2. The van der Waals surface area contributed by atoms with E-state index in [1.165, 1.54) is 9.75 Å². The van der Waals surface area contributed by atoms with Gasteiger partial charge >= 0.3 is 6.03 Å². The first-order chi connectivity index (χ1) is 9.63. The molecule has 2 heterocycles. The van der Waals surface area contributed by atoms with E-state index in [-0.39, 0.29) is 0 Å². The molecular weight excluding hydrogens is 292 g/mol. The fraction of sp³-hybridized carbons (Fsp3) is 0.154. The Morgan fingerprint density at radius 1 is 0.950 bits per heavy atom. The lowest BCUT2D eigenvalue weighted by Crippen LogP contribution is -2.28. The fourth-order valence-corrected chi connectivity index (χ4v) is 2.88. The number of urea groups is 1. The molecule has 0 radical (unpaired) electrons. The molecule has 0 aliphatic heterocycles. The lowest BCUT2D eigenvalue weighted by atomic mass is 10.4. The van der Waals surface area contributed by atoms with E-state index in [0.717, 1.165) is 9.75 Å². The van der Waals surface area contributed by atoms with Crippen molar-refractivity contribution >= 4 is 41.1 Å². The maximum atomic E-state index is 11.4. The molecule has 0 aliphatic rings. The van der Waals surface area contributed by atoms with E-state index in [2.05, 4.69) is 21.1 Å². The summed E-state index contributed by atoms with van der Waals surface area (Å²) in [4.78, 5) is 15.8. The third kappa shape index (κ3) is 4.60.